The third-order valence-corrected chi connectivity index (χ3v) is 5.45. The Morgan fingerprint density at radius 2 is 2.14 bits per heavy atom. The van der Waals surface area contributed by atoms with E-state index in [1.54, 1.807) is 55.0 Å². The minimum absolute atomic E-state index is 0.267. The Labute approximate surface area is 174 Å². The molecule has 0 aliphatic carbocycles. The number of amides is 1. The first kappa shape index (κ1) is 18.7. The van der Waals surface area contributed by atoms with Gasteiger partial charge in [0.2, 0.25) is 5.89 Å². The van der Waals surface area contributed by atoms with E-state index >= 15 is 0 Å². The smallest absolute Gasteiger partial charge is 0.265 e. The summed E-state index contributed by atoms with van der Waals surface area (Å²) in [6.45, 7) is 1.63. The molecular weight excluding hydrogens is 421 g/mol. The molecule has 0 spiro atoms. The van der Waals surface area contributed by atoms with Gasteiger partial charge in [0, 0.05) is 5.69 Å². The molecule has 9 heteroatoms. The highest BCUT2D eigenvalue weighted by molar-refractivity contribution is 7.13. The SMILES string of the molecule is CC(Oc1cccc(Cl)c1Cl)C(=O)Nc1ccc2oc(-c3cncs3)nc2c1. The summed E-state index contributed by atoms with van der Waals surface area (Å²) in [6.07, 6.45) is 0.912. The van der Waals surface area contributed by atoms with E-state index in [4.69, 9.17) is 32.4 Å². The predicted molar refractivity (Wildman–Crippen MR) is 110 cm³/mol. The van der Waals surface area contributed by atoms with E-state index in [0.29, 0.717) is 33.4 Å². The minimum Gasteiger partial charge on any atom is -0.479 e. The molecule has 1 unspecified atom stereocenters. The molecule has 4 rings (SSSR count). The molecule has 2 aromatic carbocycles. The van der Waals surface area contributed by atoms with Crippen LogP contribution < -0.4 is 10.1 Å². The summed E-state index contributed by atoms with van der Waals surface area (Å²) in [5, 5.41) is 3.43. The molecule has 0 saturated heterocycles. The summed E-state index contributed by atoms with van der Waals surface area (Å²) in [7, 11) is 0. The maximum Gasteiger partial charge on any atom is 0.265 e. The molecule has 6 nitrogen and oxygen atoms in total. The van der Waals surface area contributed by atoms with Crippen molar-refractivity contribution in [1.82, 2.24) is 9.97 Å². The van der Waals surface area contributed by atoms with Crippen LogP contribution in [0, 0.1) is 0 Å². The molecule has 1 atom stereocenters. The van der Waals surface area contributed by atoms with Gasteiger partial charge in [-0.2, -0.15) is 0 Å². The standard InChI is InChI=1S/C19H13Cl2N3O3S/c1-10(26-15-4-2-3-12(20)17(15)21)18(25)23-11-5-6-14-13(7-11)24-19(27-14)16-8-22-9-28-16/h2-10H,1H3,(H,23,25). The van der Waals surface area contributed by atoms with E-state index in [1.165, 1.54) is 11.3 Å². The van der Waals surface area contributed by atoms with Crippen molar-refractivity contribution in [2.75, 3.05) is 5.32 Å². The first-order valence-electron chi connectivity index (χ1n) is 8.22. The largest absolute Gasteiger partial charge is 0.479 e. The Kier molecular flexibility index (Phi) is 5.21. The van der Waals surface area contributed by atoms with Crippen molar-refractivity contribution in [3.05, 3.63) is 58.2 Å². The van der Waals surface area contributed by atoms with Crippen LogP contribution in [0.15, 0.2) is 52.5 Å². The van der Waals surface area contributed by atoms with E-state index in [2.05, 4.69) is 15.3 Å². The Morgan fingerprint density at radius 3 is 2.93 bits per heavy atom. The van der Waals surface area contributed by atoms with Crippen molar-refractivity contribution in [2.45, 2.75) is 13.0 Å². The third kappa shape index (κ3) is 3.82. The lowest BCUT2D eigenvalue weighted by Gasteiger charge is -2.16. The number of halogens is 2. The molecule has 0 saturated carbocycles. The van der Waals surface area contributed by atoms with Crippen LogP contribution in [0.5, 0.6) is 5.75 Å². The molecule has 1 N–H and O–H groups in total. The maximum absolute atomic E-state index is 12.5. The van der Waals surface area contributed by atoms with E-state index < -0.39 is 6.10 Å². The van der Waals surface area contributed by atoms with Crippen molar-refractivity contribution in [3.8, 4) is 16.5 Å². The quantitative estimate of drug-likeness (QED) is 0.438. The highest BCUT2D eigenvalue weighted by Gasteiger charge is 2.18. The second-order valence-electron chi connectivity index (χ2n) is 5.87. The van der Waals surface area contributed by atoms with Gasteiger partial charge in [-0.1, -0.05) is 29.3 Å². The molecule has 28 heavy (non-hydrogen) atoms. The number of anilines is 1. The molecule has 0 bridgehead atoms. The molecule has 0 radical (unpaired) electrons. The molecule has 0 fully saturated rings. The van der Waals surface area contributed by atoms with Gasteiger partial charge in [0.25, 0.3) is 5.91 Å². The van der Waals surface area contributed by atoms with Crippen molar-refractivity contribution in [3.63, 3.8) is 0 Å². The highest BCUT2D eigenvalue weighted by Crippen LogP contribution is 2.32. The second kappa shape index (κ2) is 7.79. The second-order valence-corrected chi connectivity index (χ2v) is 7.54. The summed E-state index contributed by atoms with van der Waals surface area (Å²) < 4.78 is 11.4. The zero-order valence-corrected chi connectivity index (χ0v) is 16.8. The number of oxazole rings is 1. The third-order valence-electron chi connectivity index (χ3n) is 3.89. The molecule has 2 heterocycles. The first-order valence-corrected chi connectivity index (χ1v) is 9.86. The minimum atomic E-state index is -0.781. The van der Waals surface area contributed by atoms with Crippen LogP contribution >= 0.6 is 34.5 Å². The fourth-order valence-electron chi connectivity index (χ4n) is 2.49. The highest BCUT2D eigenvalue weighted by atomic mass is 35.5. The van der Waals surface area contributed by atoms with Gasteiger partial charge >= 0.3 is 0 Å². The monoisotopic (exact) mass is 433 g/mol. The number of hydrogen-bond donors (Lipinski definition) is 1. The van der Waals surface area contributed by atoms with Gasteiger partial charge in [-0.05, 0) is 37.3 Å². The van der Waals surface area contributed by atoms with Gasteiger partial charge in [-0.15, -0.1) is 11.3 Å². The van der Waals surface area contributed by atoms with Crippen LogP contribution in [0.3, 0.4) is 0 Å². The fraction of sp³-hybridized carbons (Fsp3) is 0.105. The number of hydrogen-bond acceptors (Lipinski definition) is 6. The van der Waals surface area contributed by atoms with Crippen LogP contribution in [0.2, 0.25) is 10.0 Å². The summed E-state index contributed by atoms with van der Waals surface area (Å²) >= 11 is 13.5. The van der Waals surface area contributed by atoms with E-state index in [9.17, 15) is 4.79 Å². The van der Waals surface area contributed by atoms with E-state index in [-0.39, 0.29) is 10.9 Å². The lowest BCUT2D eigenvalue weighted by atomic mass is 10.2. The zero-order valence-electron chi connectivity index (χ0n) is 14.5. The Bertz CT molecular complexity index is 1140. The first-order chi connectivity index (χ1) is 13.5. The molecule has 1 amide bonds. The Morgan fingerprint density at radius 1 is 1.29 bits per heavy atom. The van der Waals surface area contributed by atoms with Crippen molar-refractivity contribution in [2.24, 2.45) is 0 Å². The summed E-state index contributed by atoms with van der Waals surface area (Å²) in [6, 6.07) is 10.2. The number of ether oxygens (including phenoxy) is 1. The molecule has 0 aliphatic heterocycles. The fourth-order valence-corrected chi connectivity index (χ4v) is 3.38. The summed E-state index contributed by atoms with van der Waals surface area (Å²) in [5.74, 6) is 0.507. The van der Waals surface area contributed by atoms with E-state index in [1.807, 2.05) is 0 Å². The average molecular weight is 434 g/mol. The van der Waals surface area contributed by atoms with Crippen LogP contribution in [-0.4, -0.2) is 22.0 Å². The van der Waals surface area contributed by atoms with Gasteiger partial charge in [-0.25, -0.2) is 4.98 Å². The summed E-state index contributed by atoms with van der Waals surface area (Å²) in [4.78, 5) is 21.8. The normalized spacial score (nSPS) is 12.1. The molecule has 4 aromatic rings. The Hall–Kier alpha value is -2.61. The van der Waals surface area contributed by atoms with Gasteiger partial charge < -0.3 is 14.5 Å². The number of nitrogens with one attached hydrogen (secondary N) is 1. The maximum atomic E-state index is 12.5. The van der Waals surface area contributed by atoms with Gasteiger partial charge in [-0.3, -0.25) is 9.78 Å². The number of rotatable bonds is 5. The van der Waals surface area contributed by atoms with Crippen LogP contribution in [0.25, 0.3) is 21.9 Å². The van der Waals surface area contributed by atoms with Crippen molar-refractivity contribution >= 4 is 57.2 Å². The van der Waals surface area contributed by atoms with Gasteiger partial charge in [0.15, 0.2) is 11.7 Å². The number of thiazole rings is 1. The van der Waals surface area contributed by atoms with Crippen LogP contribution in [-0.2, 0) is 4.79 Å². The number of carbonyl (C=O) groups is 1. The van der Waals surface area contributed by atoms with Crippen molar-refractivity contribution in [1.29, 1.82) is 0 Å². The van der Waals surface area contributed by atoms with Gasteiger partial charge in [0.05, 0.1) is 16.7 Å². The molecule has 142 valence electrons. The molecule has 0 aliphatic rings. The number of nitrogens with zero attached hydrogens (tertiary/aromatic N) is 2. The van der Waals surface area contributed by atoms with Crippen LogP contribution in [0.4, 0.5) is 5.69 Å². The predicted octanol–water partition coefficient (Wildman–Crippen LogP) is 5.66. The number of aromatic nitrogens is 2. The number of benzene rings is 2. The van der Waals surface area contributed by atoms with Gasteiger partial charge in [0.1, 0.15) is 21.2 Å². The number of fused-ring (bicyclic) bond motifs is 1. The molecule has 2 aromatic heterocycles. The lowest BCUT2D eigenvalue weighted by Crippen LogP contribution is -2.30. The average Bonchev–Trinajstić information content (AvgIpc) is 3.34. The van der Waals surface area contributed by atoms with Crippen molar-refractivity contribution < 1.29 is 13.9 Å². The zero-order chi connectivity index (χ0) is 19.7. The topological polar surface area (TPSA) is 77.2 Å². The Balaban J connectivity index is 1.49. The van der Waals surface area contributed by atoms with Crippen LogP contribution in [0.1, 0.15) is 6.92 Å². The lowest BCUT2D eigenvalue weighted by molar-refractivity contribution is -0.122. The number of carbonyl (C=O) groups excluding carboxylic acids is 1. The summed E-state index contributed by atoms with van der Waals surface area (Å²) in [5.41, 5.74) is 3.54. The van der Waals surface area contributed by atoms with E-state index in [0.717, 1.165) is 4.88 Å². The molecular formula is C19H13Cl2N3O3S.